The Bertz CT molecular complexity index is 538. The minimum Gasteiger partial charge on any atom is -0.504 e. The molecule has 1 unspecified atom stereocenters. The lowest BCUT2D eigenvalue weighted by Gasteiger charge is -2.12. The van der Waals surface area contributed by atoms with E-state index in [0.29, 0.717) is 18.5 Å². The maximum absolute atomic E-state index is 11.9. The second-order valence-electron chi connectivity index (χ2n) is 5.65. The highest BCUT2D eigenvalue weighted by atomic mass is 16.3. The Labute approximate surface area is 137 Å². The van der Waals surface area contributed by atoms with Crippen molar-refractivity contribution in [2.45, 2.75) is 51.0 Å². The molecule has 0 saturated carbocycles. The zero-order chi connectivity index (χ0) is 17.1. The van der Waals surface area contributed by atoms with Crippen molar-refractivity contribution in [3.8, 4) is 23.8 Å². The molecule has 0 saturated heterocycles. The minimum atomic E-state index is -0.672. The van der Waals surface area contributed by atoms with Crippen LogP contribution in [0.2, 0.25) is 0 Å². The zero-order valence-electron chi connectivity index (χ0n) is 13.4. The number of carbonyl (C=O) groups excluding carboxylic acids is 1. The van der Waals surface area contributed by atoms with E-state index in [1.54, 1.807) is 6.07 Å². The number of amides is 1. The van der Waals surface area contributed by atoms with Crippen LogP contribution in [0.3, 0.4) is 0 Å². The Morgan fingerprint density at radius 2 is 1.87 bits per heavy atom. The predicted molar refractivity (Wildman–Crippen MR) is 91.0 cm³/mol. The molecular weight excluding hydrogens is 292 g/mol. The lowest BCUT2D eigenvalue weighted by molar-refractivity contribution is -0.122. The molecule has 0 aromatic heterocycles. The highest BCUT2D eigenvalue weighted by Crippen LogP contribution is 2.25. The molecule has 0 aliphatic heterocycles. The van der Waals surface area contributed by atoms with Crippen LogP contribution in [0.4, 0.5) is 0 Å². The fraction of sp³-hybridized carbons (Fsp3) is 0.500. The smallest absolute Gasteiger partial charge is 0.237 e. The monoisotopic (exact) mass is 318 g/mol. The second kappa shape index (κ2) is 10.5. The summed E-state index contributed by atoms with van der Waals surface area (Å²) in [5.41, 5.74) is 6.56. The molecule has 0 bridgehead atoms. The molecule has 0 radical (unpaired) electrons. The molecule has 1 rings (SSSR count). The van der Waals surface area contributed by atoms with Crippen LogP contribution in [0.5, 0.6) is 11.5 Å². The van der Waals surface area contributed by atoms with Crippen molar-refractivity contribution >= 4 is 5.91 Å². The summed E-state index contributed by atoms with van der Waals surface area (Å²) >= 11 is 0. The van der Waals surface area contributed by atoms with Crippen LogP contribution in [-0.4, -0.2) is 28.7 Å². The van der Waals surface area contributed by atoms with Crippen molar-refractivity contribution in [1.29, 1.82) is 0 Å². The number of terminal acetylenes is 1. The van der Waals surface area contributed by atoms with Crippen molar-refractivity contribution in [3.63, 3.8) is 0 Å². The summed E-state index contributed by atoms with van der Waals surface area (Å²) in [6.45, 7) is 0.614. The largest absolute Gasteiger partial charge is 0.504 e. The van der Waals surface area contributed by atoms with Gasteiger partial charge in [-0.1, -0.05) is 25.3 Å². The maximum atomic E-state index is 11.9. The van der Waals surface area contributed by atoms with Gasteiger partial charge in [0.25, 0.3) is 0 Å². The molecule has 0 aliphatic rings. The second-order valence-corrected chi connectivity index (χ2v) is 5.65. The first kappa shape index (κ1) is 18.9. The summed E-state index contributed by atoms with van der Waals surface area (Å²) in [6, 6.07) is 3.77. The summed E-state index contributed by atoms with van der Waals surface area (Å²) in [7, 11) is 0. The van der Waals surface area contributed by atoms with E-state index in [9.17, 15) is 15.0 Å². The van der Waals surface area contributed by atoms with E-state index in [4.69, 9.17) is 12.2 Å². The molecule has 1 aromatic rings. The summed E-state index contributed by atoms with van der Waals surface area (Å²) in [5, 5.41) is 21.5. The molecule has 0 heterocycles. The predicted octanol–water partition coefficient (Wildman–Crippen LogP) is 2.06. The topological polar surface area (TPSA) is 95.6 Å². The van der Waals surface area contributed by atoms with Gasteiger partial charge in [-0.3, -0.25) is 4.79 Å². The van der Waals surface area contributed by atoms with E-state index in [-0.39, 0.29) is 17.4 Å². The highest BCUT2D eigenvalue weighted by Gasteiger charge is 2.14. The molecule has 126 valence electrons. The Hall–Kier alpha value is -2.19. The third kappa shape index (κ3) is 7.57. The van der Waals surface area contributed by atoms with E-state index >= 15 is 0 Å². The Morgan fingerprint density at radius 3 is 2.57 bits per heavy atom. The van der Waals surface area contributed by atoms with Gasteiger partial charge in [0.1, 0.15) is 0 Å². The highest BCUT2D eigenvalue weighted by molar-refractivity contribution is 5.81. The van der Waals surface area contributed by atoms with Crippen molar-refractivity contribution in [1.82, 2.24) is 5.32 Å². The first-order valence-electron chi connectivity index (χ1n) is 8.02. The third-order valence-corrected chi connectivity index (χ3v) is 3.63. The van der Waals surface area contributed by atoms with E-state index in [1.807, 2.05) is 0 Å². The number of phenolic OH excluding ortho intramolecular Hbond substituents is 2. The SMILES string of the molecule is C#CCCCCCCCNC(=O)C(N)Cc1ccc(O)c(O)c1. The Balaban J connectivity index is 2.19. The standard InChI is InChI=1S/C18H26N2O3/c1-2-3-4-5-6-7-8-11-20-18(23)15(19)12-14-9-10-16(21)17(22)13-14/h1,9-10,13,15,21-22H,3-8,11-12,19H2,(H,20,23). The van der Waals surface area contributed by atoms with Crippen molar-refractivity contribution in [2.24, 2.45) is 5.73 Å². The summed E-state index contributed by atoms with van der Waals surface area (Å²) in [5.74, 6) is 2.02. The van der Waals surface area contributed by atoms with Gasteiger partial charge in [0.15, 0.2) is 11.5 Å². The van der Waals surface area contributed by atoms with Crippen LogP contribution in [-0.2, 0) is 11.2 Å². The van der Waals surface area contributed by atoms with Gasteiger partial charge in [0.2, 0.25) is 5.91 Å². The van der Waals surface area contributed by atoms with Crippen LogP contribution in [0.15, 0.2) is 18.2 Å². The van der Waals surface area contributed by atoms with Crippen molar-refractivity contribution in [3.05, 3.63) is 23.8 Å². The molecule has 1 atom stereocenters. The first-order chi connectivity index (χ1) is 11.0. The zero-order valence-corrected chi connectivity index (χ0v) is 13.4. The van der Waals surface area contributed by atoms with Crippen LogP contribution < -0.4 is 11.1 Å². The summed E-state index contributed by atoms with van der Waals surface area (Å²) < 4.78 is 0. The van der Waals surface area contributed by atoms with Crippen molar-refractivity contribution in [2.75, 3.05) is 6.54 Å². The maximum Gasteiger partial charge on any atom is 0.237 e. The number of nitrogens with one attached hydrogen (secondary N) is 1. The molecular formula is C18H26N2O3. The number of carbonyl (C=O) groups is 1. The lowest BCUT2D eigenvalue weighted by atomic mass is 10.1. The molecule has 1 amide bonds. The van der Waals surface area contributed by atoms with E-state index in [0.717, 1.165) is 38.5 Å². The quantitative estimate of drug-likeness (QED) is 0.302. The number of rotatable bonds is 10. The van der Waals surface area contributed by atoms with E-state index in [2.05, 4.69) is 11.2 Å². The number of hydrogen-bond acceptors (Lipinski definition) is 4. The summed E-state index contributed by atoms with van der Waals surface area (Å²) in [6.07, 6.45) is 11.6. The normalized spacial score (nSPS) is 11.7. The number of nitrogens with two attached hydrogens (primary N) is 1. The van der Waals surface area contributed by atoms with Crippen LogP contribution in [0.1, 0.15) is 44.1 Å². The number of aromatic hydroxyl groups is 2. The third-order valence-electron chi connectivity index (χ3n) is 3.63. The van der Waals surface area contributed by atoms with Gasteiger partial charge in [-0.05, 0) is 37.0 Å². The molecule has 0 aliphatic carbocycles. The Morgan fingerprint density at radius 1 is 1.17 bits per heavy atom. The van der Waals surface area contributed by atoms with Crippen LogP contribution in [0.25, 0.3) is 0 Å². The van der Waals surface area contributed by atoms with Gasteiger partial charge < -0.3 is 21.3 Å². The molecule has 5 nitrogen and oxygen atoms in total. The van der Waals surface area contributed by atoms with E-state index < -0.39 is 6.04 Å². The molecule has 23 heavy (non-hydrogen) atoms. The fourth-order valence-electron chi connectivity index (χ4n) is 2.27. The molecule has 0 fully saturated rings. The van der Waals surface area contributed by atoms with Gasteiger partial charge in [0, 0.05) is 13.0 Å². The first-order valence-corrected chi connectivity index (χ1v) is 8.02. The van der Waals surface area contributed by atoms with E-state index in [1.165, 1.54) is 12.1 Å². The van der Waals surface area contributed by atoms with Gasteiger partial charge in [0.05, 0.1) is 6.04 Å². The molecule has 5 heteroatoms. The fourth-order valence-corrected chi connectivity index (χ4v) is 2.27. The Kier molecular flexibility index (Phi) is 8.63. The van der Waals surface area contributed by atoms with Crippen molar-refractivity contribution < 1.29 is 15.0 Å². The number of hydrogen-bond donors (Lipinski definition) is 4. The molecule has 1 aromatic carbocycles. The van der Waals surface area contributed by atoms with Gasteiger partial charge in [-0.2, -0.15) is 0 Å². The number of benzene rings is 1. The van der Waals surface area contributed by atoms with Crippen LogP contribution >= 0.6 is 0 Å². The summed E-state index contributed by atoms with van der Waals surface area (Å²) in [4.78, 5) is 11.9. The average molecular weight is 318 g/mol. The van der Waals surface area contributed by atoms with Gasteiger partial charge in [-0.15, -0.1) is 12.3 Å². The lowest BCUT2D eigenvalue weighted by Crippen LogP contribution is -2.42. The number of phenols is 2. The number of unbranched alkanes of at least 4 members (excludes halogenated alkanes) is 5. The molecule has 0 spiro atoms. The molecule has 5 N–H and O–H groups in total. The van der Waals surface area contributed by atoms with Crippen LogP contribution in [0, 0.1) is 12.3 Å². The average Bonchev–Trinajstić information content (AvgIpc) is 2.53. The van der Waals surface area contributed by atoms with Gasteiger partial charge in [-0.25, -0.2) is 0 Å². The van der Waals surface area contributed by atoms with Gasteiger partial charge >= 0.3 is 0 Å². The minimum absolute atomic E-state index is 0.186.